The predicted octanol–water partition coefficient (Wildman–Crippen LogP) is 2.51. The summed E-state index contributed by atoms with van der Waals surface area (Å²) >= 11 is 0. The summed E-state index contributed by atoms with van der Waals surface area (Å²) in [5.41, 5.74) is -0.0103. The van der Waals surface area contributed by atoms with Gasteiger partial charge in [-0.1, -0.05) is 24.3 Å². The standard InChI is InChI=1S/C11H10N2O4S/c1-12-13-9-6-10(18(15,16)17)7-4-2-3-5-8(7)11(9)14/h2-6,14H,1H3,(H,15,16,17)/b13-12+. The molecule has 0 aliphatic rings. The molecule has 0 saturated heterocycles. The fourth-order valence-electron chi connectivity index (χ4n) is 1.71. The van der Waals surface area contributed by atoms with Crippen LogP contribution in [0.15, 0.2) is 45.5 Å². The van der Waals surface area contributed by atoms with Crippen molar-refractivity contribution >= 4 is 26.6 Å². The molecular weight excluding hydrogens is 256 g/mol. The van der Waals surface area contributed by atoms with E-state index in [2.05, 4.69) is 10.2 Å². The molecule has 0 saturated carbocycles. The fraction of sp³-hybridized carbons (Fsp3) is 0.0909. The molecule has 2 rings (SSSR count). The van der Waals surface area contributed by atoms with E-state index in [9.17, 15) is 18.1 Å². The Morgan fingerprint density at radius 2 is 1.78 bits per heavy atom. The molecule has 2 aromatic rings. The van der Waals surface area contributed by atoms with Crippen LogP contribution in [0.3, 0.4) is 0 Å². The highest BCUT2D eigenvalue weighted by molar-refractivity contribution is 7.86. The van der Waals surface area contributed by atoms with Gasteiger partial charge >= 0.3 is 0 Å². The zero-order valence-electron chi connectivity index (χ0n) is 9.40. The Morgan fingerprint density at radius 3 is 2.33 bits per heavy atom. The quantitative estimate of drug-likeness (QED) is 0.644. The van der Waals surface area contributed by atoms with E-state index in [4.69, 9.17) is 0 Å². The van der Waals surface area contributed by atoms with E-state index in [1.165, 1.54) is 19.2 Å². The van der Waals surface area contributed by atoms with Gasteiger partial charge in [-0.25, -0.2) is 0 Å². The van der Waals surface area contributed by atoms with Crippen LogP contribution in [-0.4, -0.2) is 25.1 Å². The van der Waals surface area contributed by atoms with Crippen molar-refractivity contribution in [2.75, 3.05) is 7.05 Å². The second-order valence-corrected chi connectivity index (χ2v) is 4.95. The number of hydrogen-bond donors (Lipinski definition) is 2. The molecular formula is C11H10N2O4S. The van der Waals surface area contributed by atoms with Crippen molar-refractivity contribution in [2.24, 2.45) is 10.2 Å². The summed E-state index contributed by atoms with van der Waals surface area (Å²) in [5, 5.41) is 17.6. The van der Waals surface area contributed by atoms with Gasteiger partial charge in [-0.2, -0.15) is 18.6 Å². The van der Waals surface area contributed by atoms with Gasteiger partial charge in [-0.3, -0.25) is 4.55 Å². The van der Waals surface area contributed by atoms with E-state index in [0.717, 1.165) is 6.07 Å². The summed E-state index contributed by atoms with van der Waals surface area (Å²) in [6.07, 6.45) is 0. The normalized spacial score (nSPS) is 12.3. The second-order valence-electron chi connectivity index (χ2n) is 3.56. The number of hydrogen-bond acceptors (Lipinski definition) is 5. The maximum atomic E-state index is 11.3. The predicted molar refractivity (Wildman–Crippen MR) is 65.9 cm³/mol. The van der Waals surface area contributed by atoms with Crippen molar-refractivity contribution in [3.05, 3.63) is 30.3 Å². The number of phenols is 1. The number of azo groups is 1. The largest absolute Gasteiger partial charge is 0.505 e. The molecule has 7 heteroatoms. The van der Waals surface area contributed by atoms with Crippen molar-refractivity contribution in [1.82, 2.24) is 0 Å². The Balaban J connectivity index is 2.98. The van der Waals surface area contributed by atoms with Gasteiger partial charge in [-0.05, 0) is 6.07 Å². The van der Waals surface area contributed by atoms with Crippen LogP contribution in [0.5, 0.6) is 5.75 Å². The van der Waals surface area contributed by atoms with E-state index in [1.807, 2.05) is 0 Å². The molecule has 0 aromatic heterocycles. The monoisotopic (exact) mass is 266 g/mol. The van der Waals surface area contributed by atoms with Gasteiger partial charge in [0.05, 0.1) is 0 Å². The Kier molecular flexibility index (Phi) is 3.02. The van der Waals surface area contributed by atoms with Crippen LogP contribution in [-0.2, 0) is 10.1 Å². The third-order valence-electron chi connectivity index (χ3n) is 2.44. The van der Waals surface area contributed by atoms with Crippen LogP contribution < -0.4 is 0 Å². The first-order chi connectivity index (χ1) is 8.45. The average Bonchev–Trinajstić information content (AvgIpc) is 2.31. The highest BCUT2D eigenvalue weighted by Gasteiger charge is 2.18. The SMILES string of the molecule is C/N=N/c1cc(S(=O)(=O)O)c2ccccc2c1O. The molecule has 2 aromatic carbocycles. The second kappa shape index (κ2) is 4.35. The van der Waals surface area contributed by atoms with E-state index in [0.29, 0.717) is 0 Å². The lowest BCUT2D eigenvalue weighted by molar-refractivity contribution is 0.479. The van der Waals surface area contributed by atoms with Crippen molar-refractivity contribution in [2.45, 2.75) is 4.90 Å². The van der Waals surface area contributed by atoms with Gasteiger partial charge in [0.15, 0.2) is 5.75 Å². The number of nitrogens with zero attached hydrogens (tertiary/aromatic N) is 2. The minimum atomic E-state index is -4.40. The fourth-order valence-corrected chi connectivity index (χ4v) is 2.43. The lowest BCUT2D eigenvalue weighted by Gasteiger charge is -2.07. The zero-order valence-corrected chi connectivity index (χ0v) is 10.2. The van der Waals surface area contributed by atoms with Gasteiger partial charge in [0.25, 0.3) is 10.1 Å². The van der Waals surface area contributed by atoms with E-state index < -0.39 is 10.1 Å². The molecule has 0 aliphatic carbocycles. The molecule has 0 heterocycles. The summed E-state index contributed by atoms with van der Waals surface area (Å²) in [4.78, 5) is -0.307. The number of fused-ring (bicyclic) bond motifs is 1. The Hall–Kier alpha value is -1.99. The molecule has 0 fully saturated rings. The first-order valence-electron chi connectivity index (χ1n) is 4.97. The van der Waals surface area contributed by atoms with E-state index in [-0.39, 0.29) is 27.1 Å². The number of aromatic hydroxyl groups is 1. The van der Waals surface area contributed by atoms with Crippen molar-refractivity contribution in [1.29, 1.82) is 0 Å². The lowest BCUT2D eigenvalue weighted by atomic mass is 10.1. The van der Waals surface area contributed by atoms with Crippen molar-refractivity contribution in [3.63, 3.8) is 0 Å². The molecule has 0 atom stereocenters. The van der Waals surface area contributed by atoms with Crippen LogP contribution in [0.25, 0.3) is 10.8 Å². The number of benzene rings is 2. The van der Waals surface area contributed by atoms with Crippen molar-refractivity contribution in [3.8, 4) is 5.75 Å². The molecule has 18 heavy (non-hydrogen) atoms. The minimum absolute atomic E-state index is 0.0103. The number of rotatable bonds is 2. The third kappa shape index (κ3) is 2.05. The van der Waals surface area contributed by atoms with Crippen molar-refractivity contribution < 1.29 is 18.1 Å². The number of phenolic OH excluding ortho intramolecular Hbond substituents is 1. The van der Waals surface area contributed by atoms with E-state index >= 15 is 0 Å². The van der Waals surface area contributed by atoms with Crippen LogP contribution in [0.2, 0.25) is 0 Å². The molecule has 0 amide bonds. The third-order valence-corrected chi connectivity index (χ3v) is 3.34. The topological polar surface area (TPSA) is 99.3 Å². The molecule has 0 unspecified atom stereocenters. The summed E-state index contributed by atoms with van der Waals surface area (Å²) in [6, 6.07) is 7.36. The smallest absolute Gasteiger partial charge is 0.295 e. The summed E-state index contributed by atoms with van der Waals surface area (Å²) < 4.78 is 31.8. The molecule has 2 N–H and O–H groups in total. The maximum absolute atomic E-state index is 11.3. The Bertz CT molecular complexity index is 738. The molecule has 0 aliphatic heterocycles. The van der Waals surface area contributed by atoms with Gasteiger partial charge in [0.2, 0.25) is 0 Å². The molecule has 6 nitrogen and oxygen atoms in total. The van der Waals surface area contributed by atoms with Gasteiger partial charge in [0, 0.05) is 17.8 Å². The maximum Gasteiger partial charge on any atom is 0.295 e. The lowest BCUT2D eigenvalue weighted by Crippen LogP contribution is -1.99. The molecule has 0 radical (unpaired) electrons. The summed E-state index contributed by atoms with van der Waals surface area (Å²) in [5.74, 6) is -0.177. The highest BCUT2D eigenvalue weighted by Crippen LogP contribution is 2.38. The zero-order chi connectivity index (χ0) is 13.3. The summed E-state index contributed by atoms with van der Waals surface area (Å²) in [6.45, 7) is 0. The van der Waals surface area contributed by atoms with Crippen LogP contribution in [0.1, 0.15) is 0 Å². The van der Waals surface area contributed by atoms with Gasteiger partial charge in [-0.15, -0.1) is 0 Å². The average molecular weight is 266 g/mol. The van der Waals surface area contributed by atoms with Crippen LogP contribution >= 0.6 is 0 Å². The summed E-state index contributed by atoms with van der Waals surface area (Å²) in [7, 11) is -3.01. The molecule has 94 valence electrons. The van der Waals surface area contributed by atoms with Gasteiger partial charge in [0.1, 0.15) is 10.6 Å². The minimum Gasteiger partial charge on any atom is -0.505 e. The highest BCUT2D eigenvalue weighted by atomic mass is 32.2. The van der Waals surface area contributed by atoms with Gasteiger partial charge < -0.3 is 5.11 Å². The van der Waals surface area contributed by atoms with E-state index in [1.54, 1.807) is 12.1 Å². The first-order valence-corrected chi connectivity index (χ1v) is 6.41. The Labute approximate surface area is 103 Å². The van der Waals surface area contributed by atoms with Crippen LogP contribution in [0.4, 0.5) is 5.69 Å². The molecule has 0 bridgehead atoms. The Morgan fingerprint density at radius 1 is 1.17 bits per heavy atom. The first kappa shape index (κ1) is 12.5. The van der Waals surface area contributed by atoms with Crippen LogP contribution in [0, 0.1) is 0 Å². The molecule has 0 spiro atoms.